The van der Waals surface area contributed by atoms with Crippen molar-refractivity contribution in [3.63, 3.8) is 0 Å². The highest BCUT2D eigenvalue weighted by molar-refractivity contribution is 6.08. The number of carbonyl (C=O) groups excluding carboxylic acids is 1. The maximum atomic E-state index is 11.0. The average molecular weight is 160 g/mol. The topological polar surface area (TPSA) is 34.4 Å². The molecule has 0 unspecified atom stereocenters. The van der Waals surface area contributed by atoms with Crippen LogP contribution in [0.5, 0.6) is 0 Å². The van der Waals surface area contributed by atoms with E-state index in [0.717, 1.165) is 5.84 Å². The maximum absolute atomic E-state index is 11.0. The molecule has 1 aliphatic rings. The monoisotopic (exact) mass is 160 g/mol. The zero-order valence-electron chi connectivity index (χ0n) is 6.47. The van der Waals surface area contributed by atoms with Gasteiger partial charge in [-0.1, -0.05) is 0 Å². The van der Waals surface area contributed by atoms with Gasteiger partial charge in [-0.15, -0.1) is 0 Å². The quantitative estimate of drug-likeness (QED) is 0.562. The van der Waals surface area contributed by atoms with Crippen LogP contribution in [0.4, 0.5) is 0 Å². The predicted octanol–water partition coefficient (Wildman–Crippen LogP) is 1.22. The van der Waals surface area contributed by atoms with Crippen molar-refractivity contribution < 1.29 is 4.79 Å². The molecule has 0 aliphatic carbocycles. The van der Waals surface area contributed by atoms with Crippen LogP contribution >= 0.6 is 0 Å². The molecule has 0 radical (unpaired) electrons. The summed E-state index contributed by atoms with van der Waals surface area (Å²) in [7, 11) is 0. The molecule has 0 spiro atoms. The summed E-state index contributed by atoms with van der Waals surface area (Å²) in [6.45, 7) is 0. The van der Waals surface area contributed by atoms with Crippen LogP contribution in [-0.2, 0) is 4.79 Å². The summed E-state index contributed by atoms with van der Waals surface area (Å²) in [5.41, 5.74) is 0. The number of rotatable bonds is 0. The van der Waals surface area contributed by atoms with E-state index in [4.69, 9.17) is 0 Å². The van der Waals surface area contributed by atoms with Crippen molar-refractivity contribution in [2.45, 2.75) is 6.42 Å². The van der Waals surface area contributed by atoms with E-state index in [1.54, 1.807) is 6.20 Å². The third-order valence-electron chi connectivity index (χ3n) is 1.72. The third-order valence-corrected chi connectivity index (χ3v) is 1.72. The predicted molar refractivity (Wildman–Crippen MR) is 46.0 cm³/mol. The molecular weight excluding hydrogens is 152 g/mol. The van der Waals surface area contributed by atoms with Gasteiger partial charge in [0.2, 0.25) is 0 Å². The van der Waals surface area contributed by atoms with Crippen LogP contribution in [0, 0.1) is 0 Å². The molecule has 0 bridgehead atoms. The number of hydrogen-bond donors (Lipinski definition) is 0. The summed E-state index contributed by atoms with van der Waals surface area (Å²) in [5, 5.41) is 0. The summed E-state index contributed by atoms with van der Waals surface area (Å²) in [4.78, 5) is 15.1. The van der Waals surface area contributed by atoms with Gasteiger partial charge in [-0.05, 0) is 18.2 Å². The van der Waals surface area contributed by atoms with Crippen LogP contribution in [0.1, 0.15) is 6.42 Å². The largest absolute Gasteiger partial charge is 0.312 e. The molecule has 1 aromatic heterocycles. The first-order valence-corrected chi connectivity index (χ1v) is 3.76. The zero-order chi connectivity index (χ0) is 8.39. The van der Waals surface area contributed by atoms with Crippen molar-refractivity contribution in [3.8, 4) is 0 Å². The lowest BCUT2D eigenvalue weighted by Gasteiger charge is -2.06. The summed E-state index contributed by atoms with van der Waals surface area (Å²) >= 11 is 0. The van der Waals surface area contributed by atoms with Crippen molar-refractivity contribution in [2.75, 3.05) is 0 Å². The number of ketones is 1. The Morgan fingerprint density at radius 1 is 1.33 bits per heavy atom. The van der Waals surface area contributed by atoms with E-state index < -0.39 is 0 Å². The fourth-order valence-electron chi connectivity index (χ4n) is 1.13. The molecule has 3 nitrogen and oxygen atoms in total. The van der Waals surface area contributed by atoms with Gasteiger partial charge in [0.05, 0.1) is 6.42 Å². The Bertz CT molecular complexity index is 347. The lowest BCUT2D eigenvalue weighted by molar-refractivity contribution is -0.113. The van der Waals surface area contributed by atoms with E-state index in [9.17, 15) is 4.79 Å². The molecule has 60 valence electrons. The number of allylic oxidation sites excluding steroid dienone is 1. The number of carbonyl (C=O) groups is 1. The molecule has 0 amide bonds. The Morgan fingerprint density at radius 2 is 2.08 bits per heavy atom. The van der Waals surface area contributed by atoms with Crippen LogP contribution in [0.25, 0.3) is 0 Å². The first kappa shape index (κ1) is 7.03. The molecule has 0 aromatic carbocycles. The molecule has 2 heterocycles. The van der Waals surface area contributed by atoms with Crippen LogP contribution in [0.3, 0.4) is 0 Å². The zero-order valence-corrected chi connectivity index (χ0v) is 6.47. The van der Waals surface area contributed by atoms with Crippen LogP contribution in [0.15, 0.2) is 41.8 Å². The van der Waals surface area contributed by atoms with Crippen molar-refractivity contribution in [2.24, 2.45) is 4.99 Å². The van der Waals surface area contributed by atoms with Crippen LogP contribution in [-0.4, -0.2) is 16.2 Å². The lowest BCUT2D eigenvalue weighted by Crippen LogP contribution is -2.16. The number of aromatic nitrogens is 1. The van der Waals surface area contributed by atoms with Gasteiger partial charge in [-0.2, -0.15) is 0 Å². The second-order valence-corrected chi connectivity index (χ2v) is 2.59. The standard InChI is InChI=1S/C9H8N2O/c12-8-3-4-10-9(7-8)11-5-1-2-6-11/h1-6H,7H2. The second kappa shape index (κ2) is 2.77. The van der Waals surface area contributed by atoms with Crippen LogP contribution < -0.4 is 0 Å². The number of nitrogens with zero attached hydrogens (tertiary/aromatic N) is 2. The van der Waals surface area contributed by atoms with E-state index in [0.29, 0.717) is 6.42 Å². The Morgan fingerprint density at radius 3 is 2.75 bits per heavy atom. The van der Waals surface area contributed by atoms with Crippen molar-refractivity contribution >= 4 is 11.6 Å². The molecule has 0 atom stereocenters. The molecule has 1 aromatic rings. The van der Waals surface area contributed by atoms with Gasteiger partial charge >= 0.3 is 0 Å². The van der Waals surface area contributed by atoms with E-state index >= 15 is 0 Å². The first-order valence-electron chi connectivity index (χ1n) is 3.76. The van der Waals surface area contributed by atoms with Gasteiger partial charge in [0, 0.05) is 18.6 Å². The van der Waals surface area contributed by atoms with Crippen molar-refractivity contribution in [1.82, 2.24) is 4.57 Å². The minimum absolute atomic E-state index is 0.105. The van der Waals surface area contributed by atoms with Crippen LogP contribution in [0.2, 0.25) is 0 Å². The van der Waals surface area contributed by atoms with Gasteiger partial charge < -0.3 is 4.57 Å². The first-order chi connectivity index (χ1) is 5.86. The highest BCUT2D eigenvalue weighted by atomic mass is 16.1. The third kappa shape index (κ3) is 1.21. The Hall–Kier alpha value is -1.64. The van der Waals surface area contributed by atoms with Crippen molar-refractivity contribution in [3.05, 3.63) is 36.8 Å². The summed E-state index contributed by atoms with van der Waals surface area (Å²) < 4.78 is 1.85. The molecule has 0 N–H and O–H groups in total. The Labute approximate surface area is 70.0 Å². The molecule has 3 heteroatoms. The summed E-state index contributed by atoms with van der Waals surface area (Å²) in [6.07, 6.45) is 7.19. The maximum Gasteiger partial charge on any atom is 0.164 e. The average Bonchev–Trinajstić information content (AvgIpc) is 2.56. The SMILES string of the molecule is O=C1C=CN=C(n2cccc2)C1. The van der Waals surface area contributed by atoms with Crippen molar-refractivity contribution in [1.29, 1.82) is 0 Å². The summed E-state index contributed by atoms with van der Waals surface area (Å²) in [6, 6.07) is 3.82. The molecular formula is C9H8N2O. The van der Waals surface area contributed by atoms with Gasteiger partial charge in [0.25, 0.3) is 0 Å². The van der Waals surface area contributed by atoms with Gasteiger partial charge in [-0.25, -0.2) is 4.99 Å². The molecule has 0 saturated carbocycles. The molecule has 1 aliphatic heterocycles. The molecule has 0 fully saturated rings. The second-order valence-electron chi connectivity index (χ2n) is 2.59. The Kier molecular flexibility index (Phi) is 1.63. The number of aliphatic imine (C=N–C) groups is 1. The van der Waals surface area contributed by atoms with Gasteiger partial charge in [0.1, 0.15) is 5.84 Å². The molecule has 2 rings (SSSR count). The minimum atomic E-state index is 0.105. The van der Waals surface area contributed by atoms with E-state index in [2.05, 4.69) is 4.99 Å². The highest BCUT2D eigenvalue weighted by Crippen LogP contribution is 2.02. The minimum Gasteiger partial charge on any atom is -0.312 e. The fourth-order valence-corrected chi connectivity index (χ4v) is 1.13. The van der Waals surface area contributed by atoms with E-state index in [-0.39, 0.29) is 5.78 Å². The smallest absolute Gasteiger partial charge is 0.164 e. The highest BCUT2D eigenvalue weighted by Gasteiger charge is 2.08. The lowest BCUT2D eigenvalue weighted by atomic mass is 10.2. The molecule has 0 saturated heterocycles. The number of hydrogen-bond acceptors (Lipinski definition) is 2. The Balaban J connectivity index is 2.31. The van der Waals surface area contributed by atoms with Gasteiger partial charge in [-0.3, -0.25) is 4.79 Å². The van der Waals surface area contributed by atoms with E-state index in [1.807, 2.05) is 29.1 Å². The molecule has 12 heavy (non-hydrogen) atoms. The van der Waals surface area contributed by atoms with Gasteiger partial charge in [0.15, 0.2) is 5.78 Å². The fraction of sp³-hybridized carbons (Fsp3) is 0.111. The normalized spacial score (nSPS) is 16.3. The summed E-state index contributed by atoms with van der Waals surface area (Å²) in [5.74, 6) is 0.890. The van der Waals surface area contributed by atoms with E-state index in [1.165, 1.54) is 6.08 Å².